The number of imidazole rings is 1. The summed E-state index contributed by atoms with van der Waals surface area (Å²) in [5.74, 6) is 0.531. The summed E-state index contributed by atoms with van der Waals surface area (Å²) in [7, 11) is 0. The van der Waals surface area contributed by atoms with Gasteiger partial charge in [-0.05, 0) is 36.8 Å². The lowest BCUT2D eigenvalue weighted by molar-refractivity contribution is 0.853. The second kappa shape index (κ2) is 4.87. The Morgan fingerprint density at radius 2 is 2.05 bits per heavy atom. The Balaban J connectivity index is 2.04. The lowest BCUT2D eigenvalue weighted by atomic mass is 10.3. The zero-order chi connectivity index (χ0) is 13.4. The normalized spacial score (nSPS) is 11.3. The van der Waals surface area contributed by atoms with E-state index in [0.29, 0.717) is 11.0 Å². The number of halogens is 1. The number of nitrogens with zero attached hydrogens (tertiary/aromatic N) is 2. The quantitative estimate of drug-likeness (QED) is 0.794. The average Bonchev–Trinajstić information content (AvgIpc) is 2.96. The van der Waals surface area contributed by atoms with E-state index in [-0.39, 0.29) is 0 Å². The third kappa shape index (κ3) is 2.33. The van der Waals surface area contributed by atoms with Crippen molar-refractivity contribution in [2.45, 2.75) is 19.9 Å². The highest BCUT2D eigenvalue weighted by Gasteiger charge is 2.10. The zero-order valence-corrected chi connectivity index (χ0v) is 12.1. The summed E-state index contributed by atoms with van der Waals surface area (Å²) in [6, 6.07) is 9.97. The number of hydrogen-bond donors (Lipinski definition) is 1. The van der Waals surface area contributed by atoms with Crippen LogP contribution in [-0.2, 0) is 13.0 Å². The van der Waals surface area contributed by atoms with E-state index >= 15 is 0 Å². The van der Waals surface area contributed by atoms with Crippen LogP contribution in [0.4, 0.5) is 5.95 Å². The molecule has 0 saturated carbocycles. The van der Waals surface area contributed by atoms with Gasteiger partial charge in [-0.3, -0.25) is 0 Å². The number of aromatic nitrogens is 2. The maximum atomic E-state index is 6.05. The van der Waals surface area contributed by atoms with Gasteiger partial charge in [0.25, 0.3) is 0 Å². The number of benzene rings is 1. The molecule has 0 amide bonds. The molecular weight excluding hydrogens is 278 g/mol. The minimum atomic E-state index is 0.531. The van der Waals surface area contributed by atoms with Crippen LogP contribution in [0.1, 0.15) is 16.7 Å². The Hall–Kier alpha value is -1.52. The number of thiophene rings is 1. The van der Waals surface area contributed by atoms with Crippen molar-refractivity contribution in [2.24, 2.45) is 0 Å². The van der Waals surface area contributed by atoms with E-state index in [1.807, 2.05) is 34.1 Å². The first kappa shape index (κ1) is 12.5. The highest BCUT2D eigenvalue weighted by Crippen LogP contribution is 2.25. The van der Waals surface area contributed by atoms with Crippen molar-refractivity contribution in [3.05, 3.63) is 45.1 Å². The summed E-state index contributed by atoms with van der Waals surface area (Å²) in [6.45, 7) is 2.91. The molecule has 0 saturated heterocycles. The van der Waals surface area contributed by atoms with E-state index in [4.69, 9.17) is 17.3 Å². The summed E-state index contributed by atoms with van der Waals surface area (Å²) < 4.78 is 2.01. The summed E-state index contributed by atoms with van der Waals surface area (Å²) in [6.07, 6.45) is 1.07. The van der Waals surface area contributed by atoms with Crippen LogP contribution in [0.3, 0.4) is 0 Å². The van der Waals surface area contributed by atoms with Gasteiger partial charge in [0.2, 0.25) is 5.95 Å². The van der Waals surface area contributed by atoms with E-state index in [1.165, 1.54) is 9.75 Å². The SMILES string of the molecule is CCc1ccc(Cn2c(N)nc3ccc(Cl)cc32)s1. The van der Waals surface area contributed by atoms with Crippen LogP contribution in [0.2, 0.25) is 5.02 Å². The molecular formula is C14H14ClN3S. The number of nitrogens with two attached hydrogens (primary N) is 1. The van der Waals surface area contributed by atoms with Crippen LogP contribution < -0.4 is 5.73 Å². The van der Waals surface area contributed by atoms with Gasteiger partial charge < -0.3 is 10.3 Å². The van der Waals surface area contributed by atoms with Gasteiger partial charge >= 0.3 is 0 Å². The lowest BCUT2D eigenvalue weighted by Crippen LogP contribution is -2.03. The fraction of sp³-hybridized carbons (Fsp3) is 0.214. The molecule has 98 valence electrons. The third-order valence-corrected chi connectivity index (χ3v) is 4.57. The van der Waals surface area contributed by atoms with Crippen LogP contribution in [0.15, 0.2) is 30.3 Å². The predicted molar refractivity (Wildman–Crippen MR) is 82.0 cm³/mol. The summed E-state index contributed by atoms with van der Waals surface area (Å²) in [5.41, 5.74) is 7.87. The molecule has 0 aliphatic heterocycles. The fourth-order valence-electron chi connectivity index (χ4n) is 2.13. The van der Waals surface area contributed by atoms with Gasteiger partial charge in [-0.1, -0.05) is 18.5 Å². The van der Waals surface area contributed by atoms with Crippen molar-refractivity contribution >= 4 is 39.9 Å². The van der Waals surface area contributed by atoms with Gasteiger partial charge in [0.05, 0.1) is 17.6 Å². The predicted octanol–water partition coefficient (Wildman–Crippen LogP) is 3.94. The van der Waals surface area contributed by atoms with E-state index in [2.05, 4.69) is 24.0 Å². The van der Waals surface area contributed by atoms with Gasteiger partial charge in [0.1, 0.15) is 0 Å². The Morgan fingerprint density at radius 3 is 2.79 bits per heavy atom. The van der Waals surface area contributed by atoms with Crippen LogP contribution >= 0.6 is 22.9 Å². The van der Waals surface area contributed by atoms with Gasteiger partial charge in [-0.25, -0.2) is 4.98 Å². The number of hydrogen-bond acceptors (Lipinski definition) is 3. The average molecular weight is 292 g/mol. The van der Waals surface area contributed by atoms with Crippen LogP contribution in [0.25, 0.3) is 11.0 Å². The van der Waals surface area contributed by atoms with Crippen LogP contribution in [-0.4, -0.2) is 9.55 Å². The maximum Gasteiger partial charge on any atom is 0.201 e. The number of nitrogen functional groups attached to an aromatic ring is 1. The second-order valence-corrected chi connectivity index (χ2v) is 6.10. The van der Waals surface area contributed by atoms with Crippen molar-refractivity contribution < 1.29 is 0 Å². The highest BCUT2D eigenvalue weighted by atomic mass is 35.5. The fourth-order valence-corrected chi connectivity index (χ4v) is 3.25. The molecule has 3 rings (SSSR count). The molecule has 19 heavy (non-hydrogen) atoms. The van der Waals surface area contributed by atoms with Crippen LogP contribution in [0, 0.1) is 0 Å². The second-order valence-electron chi connectivity index (χ2n) is 4.41. The molecule has 0 radical (unpaired) electrons. The van der Waals surface area contributed by atoms with E-state index in [9.17, 15) is 0 Å². The molecule has 5 heteroatoms. The molecule has 0 aliphatic rings. The third-order valence-electron chi connectivity index (χ3n) is 3.12. The standard InChI is InChI=1S/C14H14ClN3S/c1-2-10-4-5-11(19-10)8-18-13-7-9(15)3-6-12(13)17-14(18)16/h3-7H,2,8H2,1H3,(H2,16,17). The number of anilines is 1. The first-order valence-electron chi connectivity index (χ1n) is 6.16. The van der Waals surface area contributed by atoms with Crippen LogP contribution in [0.5, 0.6) is 0 Å². The van der Waals surface area contributed by atoms with E-state index in [0.717, 1.165) is 24.0 Å². The molecule has 2 heterocycles. The molecule has 0 atom stereocenters. The van der Waals surface area contributed by atoms with Gasteiger partial charge in [-0.2, -0.15) is 0 Å². The molecule has 2 N–H and O–H groups in total. The molecule has 2 aromatic heterocycles. The number of rotatable bonds is 3. The molecule has 0 spiro atoms. The number of fused-ring (bicyclic) bond motifs is 1. The first-order valence-corrected chi connectivity index (χ1v) is 7.35. The van der Waals surface area contributed by atoms with Crippen molar-refractivity contribution in [1.29, 1.82) is 0 Å². The van der Waals surface area contributed by atoms with Crippen molar-refractivity contribution in [3.63, 3.8) is 0 Å². The van der Waals surface area contributed by atoms with Crippen molar-refractivity contribution in [3.8, 4) is 0 Å². The molecule has 3 nitrogen and oxygen atoms in total. The molecule has 1 aromatic carbocycles. The first-order chi connectivity index (χ1) is 9.17. The molecule has 0 unspecified atom stereocenters. The monoisotopic (exact) mass is 291 g/mol. The molecule has 0 fully saturated rings. The van der Waals surface area contributed by atoms with E-state index < -0.39 is 0 Å². The Bertz CT molecular complexity index is 729. The Morgan fingerprint density at radius 1 is 1.26 bits per heavy atom. The zero-order valence-electron chi connectivity index (χ0n) is 10.6. The topological polar surface area (TPSA) is 43.8 Å². The highest BCUT2D eigenvalue weighted by molar-refractivity contribution is 7.11. The van der Waals surface area contributed by atoms with Crippen molar-refractivity contribution in [2.75, 3.05) is 5.73 Å². The van der Waals surface area contributed by atoms with Gasteiger partial charge in [0.15, 0.2) is 0 Å². The van der Waals surface area contributed by atoms with Gasteiger partial charge in [0, 0.05) is 14.8 Å². The minimum Gasteiger partial charge on any atom is -0.369 e. The largest absolute Gasteiger partial charge is 0.369 e. The van der Waals surface area contributed by atoms with Crippen molar-refractivity contribution in [1.82, 2.24) is 9.55 Å². The summed E-state index contributed by atoms with van der Waals surface area (Å²) in [4.78, 5) is 7.03. The summed E-state index contributed by atoms with van der Waals surface area (Å²) >= 11 is 7.87. The molecule has 0 bridgehead atoms. The molecule has 3 aromatic rings. The maximum absolute atomic E-state index is 6.05. The minimum absolute atomic E-state index is 0.531. The smallest absolute Gasteiger partial charge is 0.201 e. The van der Waals surface area contributed by atoms with E-state index in [1.54, 1.807) is 0 Å². The Kier molecular flexibility index (Phi) is 3.21. The Labute approximate surface area is 120 Å². The number of aryl methyl sites for hydroxylation is 1. The lowest BCUT2D eigenvalue weighted by Gasteiger charge is -2.04. The van der Waals surface area contributed by atoms with Gasteiger partial charge in [-0.15, -0.1) is 11.3 Å². The summed E-state index contributed by atoms with van der Waals surface area (Å²) in [5, 5.41) is 0.703. The molecule has 0 aliphatic carbocycles.